The number of carbonyl (C=O) groups is 2. The molecule has 1 aromatic rings. The van der Waals surface area contributed by atoms with Crippen LogP contribution in [-0.4, -0.2) is 37.1 Å². The third kappa shape index (κ3) is 3.69. The van der Waals surface area contributed by atoms with Crippen molar-refractivity contribution < 1.29 is 19.1 Å². The van der Waals surface area contributed by atoms with Gasteiger partial charge in [0.15, 0.2) is 0 Å². The molecule has 5 nitrogen and oxygen atoms in total. The van der Waals surface area contributed by atoms with Crippen LogP contribution in [0.5, 0.6) is 0 Å². The fraction of sp³-hybridized carbons (Fsp3) is 0.429. The minimum Gasteiger partial charge on any atom is -0.480 e. The lowest BCUT2D eigenvalue weighted by Gasteiger charge is -2.18. The van der Waals surface area contributed by atoms with E-state index in [1.807, 2.05) is 0 Å². The second-order valence-electron chi connectivity index (χ2n) is 5.09. The lowest BCUT2D eigenvalue weighted by molar-refractivity contribution is -0.140. The van der Waals surface area contributed by atoms with Gasteiger partial charge in [0, 0.05) is 19.8 Å². The minimum absolute atomic E-state index is 0.164. The number of aliphatic carboxylic acids is 1. The molecule has 6 heteroatoms. The van der Waals surface area contributed by atoms with E-state index >= 15 is 0 Å². The zero-order chi connectivity index (χ0) is 15.4. The van der Waals surface area contributed by atoms with Crippen LogP contribution in [0.1, 0.15) is 24.2 Å². The molecule has 0 bridgehead atoms. The van der Waals surface area contributed by atoms with Gasteiger partial charge in [-0.1, -0.05) is 13.8 Å². The largest absolute Gasteiger partial charge is 0.480 e. The van der Waals surface area contributed by atoms with E-state index in [-0.39, 0.29) is 11.5 Å². The highest BCUT2D eigenvalue weighted by atomic mass is 19.1. The van der Waals surface area contributed by atoms with Crippen LogP contribution in [-0.2, 0) is 4.79 Å². The predicted octanol–water partition coefficient (Wildman–Crippen LogP) is 1.73. The second-order valence-corrected chi connectivity index (χ2v) is 5.09. The van der Waals surface area contributed by atoms with Crippen LogP contribution >= 0.6 is 0 Å². The molecule has 0 fully saturated rings. The SMILES string of the molecule is CC(C)[C@@H](NC(=O)c1ccc(N(C)C)cc1F)C(=O)O. The summed E-state index contributed by atoms with van der Waals surface area (Å²) < 4.78 is 13.9. The van der Waals surface area contributed by atoms with E-state index in [1.54, 1.807) is 38.9 Å². The van der Waals surface area contributed by atoms with Crippen LogP contribution in [0.25, 0.3) is 0 Å². The van der Waals surface area contributed by atoms with E-state index in [2.05, 4.69) is 5.32 Å². The highest BCUT2D eigenvalue weighted by Crippen LogP contribution is 2.17. The fourth-order valence-electron chi connectivity index (χ4n) is 1.70. The summed E-state index contributed by atoms with van der Waals surface area (Å²) >= 11 is 0. The molecule has 1 rings (SSSR count). The first-order valence-corrected chi connectivity index (χ1v) is 6.24. The van der Waals surface area contributed by atoms with Crippen LogP contribution < -0.4 is 10.2 Å². The molecule has 1 aromatic carbocycles. The van der Waals surface area contributed by atoms with Crippen molar-refractivity contribution >= 4 is 17.6 Å². The molecule has 0 aliphatic carbocycles. The first-order valence-electron chi connectivity index (χ1n) is 6.24. The smallest absolute Gasteiger partial charge is 0.326 e. The monoisotopic (exact) mass is 282 g/mol. The summed E-state index contributed by atoms with van der Waals surface area (Å²) in [4.78, 5) is 24.7. The molecular weight excluding hydrogens is 263 g/mol. The molecule has 0 spiro atoms. The van der Waals surface area contributed by atoms with Crippen molar-refractivity contribution in [1.82, 2.24) is 5.32 Å². The number of anilines is 1. The normalized spacial score (nSPS) is 12.1. The van der Waals surface area contributed by atoms with Crippen LogP contribution in [0.3, 0.4) is 0 Å². The number of carboxylic acids is 1. The van der Waals surface area contributed by atoms with E-state index in [0.29, 0.717) is 5.69 Å². The summed E-state index contributed by atoms with van der Waals surface area (Å²) in [5.41, 5.74) is 0.459. The Morgan fingerprint density at radius 3 is 2.30 bits per heavy atom. The number of nitrogens with zero attached hydrogens (tertiary/aromatic N) is 1. The van der Waals surface area contributed by atoms with Crippen LogP contribution in [0.15, 0.2) is 18.2 Å². The summed E-state index contributed by atoms with van der Waals surface area (Å²) in [6, 6.07) is 3.14. The molecule has 0 aromatic heterocycles. The van der Waals surface area contributed by atoms with Gasteiger partial charge in [0.05, 0.1) is 5.56 Å². The standard InChI is InChI=1S/C14H19FN2O3/c1-8(2)12(14(19)20)16-13(18)10-6-5-9(17(3)4)7-11(10)15/h5-8,12H,1-4H3,(H,16,18)(H,19,20)/t12-/m1/s1. The molecule has 2 N–H and O–H groups in total. The molecule has 110 valence electrons. The van der Waals surface area contributed by atoms with Gasteiger partial charge in [-0.05, 0) is 24.1 Å². The van der Waals surface area contributed by atoms with Crippen molar-refractivity contribution in [2.45, 2.75) is 19.9 Å². The van der Waals surface area contributed by atoms with Gasteiger partial charge in [0.25, 0.3) is 5.91 Å². The average Bonchev–Trinajstić information content (AvgIpc) is 2.34. The number of carboxylic acid groups (broad SMARTS) is 1. The van der Waals surface area contributed by atoms with E-state index in [1.165, 1.54) is 12.1 Å². The van der Waals surface area contributed by atoms with E-state index in [0.717, 1.165) is 0 Å². The molecule has 1 amide bonds. The Morgan fingerprint density at radius 1 is 1.30 bits per heavy atom. The number of hydrogen-bond acceptors (Lipinski definition) is 3. The van der Waals surface area contributed by atoms with Gasteiger partial charge >= 0.3 is 5.97 Å². The van der Waals surface area contributed by atoms with Gasteiger partial charge < -0.3 is 15.3 Å². The molecule has 0 unspecified atom stereocenters. The lowest BCUT2D eigenvalue weighted by Crippen LogP contribution is -2.44. The highest BCUT2D eigenvalue weighted by molar-refractivity contribution is 5.97. The number of amides is 1. The molecule has 20 heavy (non-hydrogen) atoms. The zero-order valence-corrected chi connectivity index (χ0v) is 12.0. The lowest BCUT2D eigenvalue weighted by atomic mass is 10.0. The van der Waals surface area contributed by atoms with Crippen molar-refractivity contribution in [2.24, 2.45) is 5.92 Å². The molecule has 0 heterocycles. The van der Waals surface area contributed by atoms with Gasteiger partial charge in [-0.2, -0.15) is 0 Å². The molecule has 0 aliphatic rings. The number of carbonyl (C=O) groups excluding carboxylic acids is 1. The molecular formula is C14H19FN2O3. The Balaban J connectivity index is 2.95. The summed E-state index contributed by atoms with van der Waals surface area (Å²) in [5, 5.41) is 11.3. The number of rotatable bonds is 5. The molecule has 1 atom stereocenters. The predicted molar refractivity (Wildman–Crippen MR) is 74.5 cm³/mol. The topological polar surface area (TPSA) is 69.6 Å². The average molecular weight is 282 g/mol. The first-order chi connectivity index (χ1) is 9.23. The number of benzene rings is 1. The third-order valence-corrected chi connectivity index (χ3v) is 2.93. The fourth-order valence-corrected chi connectivity index (χ4v) is 1.70. The van der Waals surface area contributed by atoms with Crippen LogP contribution in [0.4, 0.5) is 10.1 Å². The summed E-state index contributed by atoms with van der Waals surface area (Å²) in [5.74, 6) is -2.84. The Labute approximate surface area is 117 Å². The first kappa shape index (κ1) is 15.9. The summed E-state index contributed by atoms with van der Waals surface area (Å²) in [6.45, 7) is 3.34. The van der Waals surface area contributed by atoms with Gasteiger partial charge in [-0.3, -0.25) is 4.79 Å². The quantitative estimate of drug-likeness (QED) is 0.863. The molecule has 0 radical (unpaired) electrons. The minimum atomic E-state index is -1.14. The second kappa shape index (κ2) is 6.36. The molecule has 0 saturated heterocycles. The summed E-state index contributed by atoms with van der Waals surface area (Å²) in [7, 11) is 3.52. The Kier molecular flexibility index (Phi) is 5.07. The summed E-state index contributed by atoms with van der Waals surface area (Å²) in [6.07, 6.45) is 0. The Bertz CT molecular complexity index is 515. The highest BCUT2D eigenvalue weighted by Gasteiger charge is 2.25. The van der Waals surface area contributed by atoms with Crippen molar-refractivity contribution in [1.29, 1.82) is 0 Å². The molecule has 0 aliphatic heterocycles. The van der Waals surface area contributed by atoms with Gasteiger partial charge in [0.1, 0.15) is 11.9 Å². The van der Waals surface area contributed by atoms with Gasteiger partial charge in [-0.25, -0.2) is 9.18 Å². The number of halogens is 1. The maximum atomic E-state index is 13.9. The Hall–Kier alpha value is -2.11. The van der Waals surface area contributed by atoms with Crippen LogP contribution in [0.2, 0.25) is 0 Å². The van der Waals surface area contributed by atoms with E-state index in [4.69, 9.17) is 5.11 Å². The molecule has 0 saturated carbocycles. The van der Waals surface area contributed by atoms with E-state index < -0.39 is 23.7 Å². The van der Waals surface area contributed by atoms with E-state index in [9.17, 15) is 14.0 Å². The van der Waals surface area contributed by atoms with Crippen molar-refractivity contribution in [3.05, 3.63) is 29.6 Å². The van der Waals surface area contributed by atoms with Crippen molar-refractivity contribution in [2.75, 3.05) is 19.0 Å². The van der Waals surface area contributed by atoms with Crippen molar-refractivity contribution in [3.8, 4) is 0 Å². The maximum Gasteiger partial charge on any atom is 0.326 e. The Morgan fingerprint density at radius 2 is 1.90 bits per heavy atom. The van der Waals surface area contributed by atoms with Gasteiger partial charge in [0.2, 0.25) is 0 Å². The van der Waals surface area contributed by atoms with Crippen molar-refractivity contribution in [3.63, 3.8) is 0 Å². The third-order valence-electron chi connectivity index (χ3n) is 2.93. The number of hydrogen-bond donors (Lipinski definition) is 2. The zero-order valence-electron chi connectivity index (χ0n) is 12.0. The van der Waals surface area contributed by atoms with Gasteiger partial charge in [-0.15, -0.1) is 0 Å². The maximum absolute atomic E-state index is 13.9. The van der Waals surface area contributed by atoms with Crippen LogP contribution in [0, 0.1) is 11.7 Å². The number of nitrogens with one attached hydrogen (secondary N) is 1.